The monoisotopic (exact) mass is 234 g/mol. The van der Waals surface area contributed by atoms with Gasteiger partial charge >= 0.3 is 5.69 Å². The van der Waals surface area contributed by atoms with Crippen molar-refractivity contribution in [3.63, 3.8) is 0 Å². The molecule has 0 aliphatic carbocycles. The summed E-state index contributed by atoms with van der Waals surface area (Å²) in [4.78, 5) is 16.4. The number of aromatic nitrogens is 4. The molecule has 5 nitrogen and oxygen atoms in total. The largest absolute Gasteiger partial charge is 0.347 e. The summed E-state index contributed by atoms with van der Waals surface area (Å²) in [5, 5.41) is 6.31. The van der Waals surface area contributed by atoms with E-state index in [4.69, 9.17) is 0 Å². The van der Waals surface area contributed by atoms with Crippen LogP contribution in [0.1, 0.15) is 38.7 Å². The number of rotatable bonds is 4. The van der Waals surface area contributed by atoms with Crippen LogP contribution in [0.3, 0.4) is 0 Å². The zero-order valence-corrected chi connectivity index (χ0v) is 10.5. The molecule has 0 unspecified atom stereocenters. The van der Waals surface area contributed by atoms with Crippen molar-refractivity contribution < 1.29 is 0 Å². The van der Waals surface area contributed by atoms with Gasteiger partial charge in [-0.3, -0.25) is 0 Å². The highest BCUT2D eigenvalue weighted by molar-refractivity contribution is 5.50. The smallest absolute Gasteiger partial charge is 0.246 e. The second-order valence-corrected chi connectivity index (χ2v) is 4.72. The van der Waals surface area contributed by atoms with E-state index in [9.17, 15) is 4.79 Å². The first-order valence-corrected chi connectivity index (χ1v) is 6.07. The van der Waals surface area contributed by atoms with Gasteiger partial charge in [-0.2, -0.15) is 5.10 Å². The molecule has 0 aliphatic heterocycles. The van der Waals surface area contributed by atoms with E-state index < -0.39 is 0 Å². The third kappa shape index (κ3) is 2.23. The molecule has 0 fully saturated rings. The zero-order chi connectivity index (χ0) is 12.4. The fourth-order valence-corrected chi connectivity index (χ4v) is 2.01. The van der Waals surface area contributed by atoms with E-state index in [1.54, 1.807) is 10.6 Å². The molecule has 0 amide bonds. The Hall–Kier alpha value is -1.65. The van der Waals surface area contributed by atoms with Gasteiger partial charge in [0.05, 0.1) is 17.4 Å². The standard InChI is InChI=1S/C12H18N4O/c1-4-5-9-10-7-13-15-12(17)16(10)11(14-9)6-8(2)3/h7-8H,4-6H2,1-3H3,(H,15,17). The summed E-state index contributed by atoms with van der Waals surface area (Å²) in [6.45, 7) is 6.35. The Morgan fingerprint density at radius 1 is 1.47 bits per heavy atom. The van der Waals surface area contributed by atoms with Gasteiger partial charge in [0.1, 0.15) is 5.82 Å². The number of H-pyrrole nitrogens is 1. The van der Waals surface area contributed by atoms with Crippen molar-refractivity contribution in [1.82, 2.24) is 19.6 Å². The van der Waals surface area contributed by atoms with Crippen molar-refractivity contribution in [2.75, 3.05) is 0 Å². The van der Waals surface area contributed by atoms with Crippen LogP contribution in [-0.4, -0.2) is 19.6 Å². The maximum absolute atomic E-state index is 11.8. The predicted octanol–water partition coefficient (Wildman–Crippen LogP) is 1.57. The normalized spacial score (nSPS) is 11.5. The molecule has 17 heavy (non-hydrogen) atoms. The highest BCUT2D eigenvalue weighted by Gasteiger charge is 2.13. The lowest BCUT2D eigenvalue weighted by molar-refractivity contribution is 0.612. The Balaban J connectivity index is 2.62. The zero-order valence-electron chi connectivity index (χ0n) is 10.5. The molecule has 2 aromatic rings. The summed E-state index contributed by atoms with van der Waals surface area (Å²) in [6.07, 6.45) is 4.38. The molecule has 2 aromatic heterocycles. The van der Waals surface area contributed by atoms with E-state index >= 15 is 0 Å². The van der Waals surface area contributed by atoms with Crippen molar-refractivity contribution in [3.05, 3.63) is 28.2 Å². The van der Waals surface area contributed by atoms with Crippen LogP contribution in [0.25, 0.3) is 5.52 Å². The van der Waals surface area contributed by atoms with Crippen LogP contribution < -0.4 is 5.69 Å². The van der Waals surface area contributed by atoms with Gasteiger partial charge in [-0.15, -0.1) is 0 Å². The highest BCUT2D eigenvalue weighted by Crippen LogP contribution is 2.14. The molecular formula is C12H18N4O. The van der Waals surface area contributed by atoms with Crippen LogP contribution in [-0.2, 0) is 12.8 Å². The van der Waals surface area contributed by atoms with Crippen LogP contribution in [0.5, 0.6) is 0 Å². The summed E-state index contributed by atoms with van der Waals surface area (Å²) < 4.78 is 1.65. The number of imidazole rings is 1. The van der Waals surface area contributed by atoms with Crippen molar-refractivity contribution in [3.8, 4) is 0 Å². The minimum Gasteiger partial charge on any atom is -0.246 e. The van der Waals surface area contributed by atoms with Crippen molar-refractivity contribution >= 4 is 5.52 Å². The Kier molecular flexibility index (Phi) is 3.26. The molecule has 0 bridgehead atoms. The SMILES string of the molecule is CCCc1nc(CC(C)C)n2c(=O)[nH]ncc12. The van der Waals surface area contributed by atoms with Crippen molar-refractivity contribution in [2.24, 2.45) is 5.92 Å². The van der Waals surface area contributed by atoms with Gasteiger partial charge in [-0.25, -0.2) is 19.3 Å². The lowest BCUT2D eigenvalue weighted by Gasteiger charge is -2.02. The molecule has 92 valence electrons. The van der Waals surface area contributed by atoms with Gasteiger partial charge in [0.25, 0.3) is 0 Å². The van der Waals surface area contributed by atoms with E-state index in [0.29, 0.717) is 5.92 Å². The Morgan fingerprint density at radius 3 is 2.88 bits per heavy atom. The van der Waals surface area contributed by atoms with Gasteiger partial charge in [0.15, 0.2) is 0 Å². The van der Waals surface area contributed by atoms with Gasteiger partial charge in [-0.1, -0.05) is 27.2 Å². The first kappa shape index (κ1) is 11.8. The van der Waals surface area contributed by atoms with E-state index in [1.165, 1.54) is 0 Å². The number of fused-ring (bicyclic) bond motifs is 1. The van der Waals surface area contributed by atoms with Gasteiger partial charge < -0.3 is 0 Å². The fourth-order valence-electron chi connectivity index (χ4n) is 2.01. The minimum atomic E-state index is -0.201. The second kappa shape index (κ2) is 4.69. The number of aryl methyl sites for hydroxylation is 1. The summed E-state index contributed by atoms with van der Waals surface area (Å²) in [5.74, 6) is 1.31. The molecular weight excluding hydrogens is 216 g/mol. The van der Waals surface area contributed by atoms with Crippen LogP contribution in [0.2, 0.25) is 0 Å². The summed E-state index contributed by atoms with van der Waals surface area (Å²) in [5.41, 5.74) is 1.61. The number of hydrogen-bond donors (Lipinski definition) is 1. The first-order valence-electron chi connectivity index (χ1n) is 6.07. The molecule has 0 aliphatic rings. The quantitative estimate of drug-likeness (QED) is 0.873. The molecule has 2 rings (SSSR count). The Labute approximate surface area is 99.9 Å². The molecule has 5 heteroatoms. The average Bonchev–Trinajstić information content (AvgIpc) is 2.58. The van der Waals surface area contributed by atoms with E-state index in [-0.39, 0.29) is 5.69 Å². The molecule has 0 saturated carbocycles. The molecule has 0 aromatic carbocycles. The van der Waals surface area contributed by atoms with Crippen molar-refractivity contribution in [2.45, 2.75) is 40.0 Å². The average molecular weight is 234 g/mol. The van der Waals surface area contributed by atoms with Crippen LogP contribution in [0, 0.1) is 5.92 Å². The van der Waals surface area contributed by atoms with Crippen LogP contribution >= 0.6 is 0 Å². The molecule has 0 saturated heterocycles. The van der Waals surface area contributed by atoms with Gasteiger partial charge in [-0.05, 0) is 12.3 Å². The molecule has 0 radical (unpaired) electrons. The summed E-state index contributed by atoms with van der Waals surface area (Å²) in [7, 11) is 0. The summed E-state index contributed by atoms with van der Waals surface area (Å²) in [6, 6.07) is 0. The lowest BCUT2D eigenvalue weighted by Crippen LogP contribution is -2.20. The topological polar surface area (TPSA) is 63.1 Å². The number of aromatic amines is 1. The van der Waals surface area contributed by atoms with E-state index in [1.807, 2.05) is 0 Å². The molecule has 2 heterocycles. The number of nitrogens with zero attached hydrogens (tertiary/aromatic N) is 3. The maximum atomic E-state index is 11.8. The molecule has 0 atom stereocenters. The van der Waals surface area contributed by atoms with Crippen molar-refractivity contribution in [1.29, 1.82) is 0 Å². The fraction of sp³-hybridized carbons (Fsp3) is 0.583. The van der Waals surface area contributed by atoms with Crippen LogP contribution in [0.4, 0.5) is 0 Å². The predicted molar refractivity (Wildman–Crippen MR) is 66.1 cm³/mol. The summed E-state index contributed by atoms with van der Waals surface area (Å²) >= 11 is 0. The molecule has 1 N–H and O–H groups in total. The number of hydrogen-bond acceptors (Lipinski definition) is 3. The first-order chi connectivity index (χ1) is 8.13. The second-order valence-electron chi connectivity index (χ2n) is 4.72. The third-order valence-electron chi connectivity index (χ3n) is 2.69. The van der Waals surface area contributed by atoms with Gasteiger partial charge in [0.2, 0.25) is 0 Å². The number of nitrogens with one attached hydrogen (secondary N) is 1. The third-order valence-corrected chi connectivity index (χ3v) is 2.69. The minimum absolute atomic E-state index is 0.201. The molecule has 0 spiro atoms. The van der Waals surface area contributed by atoms with E-state index in [2.05, 4.69) is 36.0 Å². The highest BCUT2D eigenvalue weighted by atomic mass is 16.1. The Bertz CT molecular complexity index is 567. The maximum Gasteiger partial charge on any atom is 0.347 e. The van der Waals surface area contributed by atoms with Gasteiger partial charge in [0, 0.05) is 6.42 Å². The van der Waals surface area contributed by atoms with Crippen LogP contribution in [0.15, 0.2) is 11.0 Å². The Morgan fingerprint density at radius 2 is 2.24 bits per heavy atom. The van der Waals surface area contributed by atoms with E-state index in [0.717, 1.165) is 36.3 Å². The lowest BCUT2D eigenvalue weighted by atomic mass is 10.1.